The van der Waals surface area contributed by atoms with Crippen molar-refractivity contribution in [3.8, 4) is 11.5 Å². The van der Waals surface area contributed by atoms with E-state index in [0.717, 1.165) is 11.3 Å². The molecule has 0 aliphatic carbocycles. The highest BCUT2D eigenvalue weighted by Gasteiger charge is 2.06. The van der Waals surface area contributed by atoms with Crippen molar-refractivity contribution in [2.24, 2.45) is 0 Å². The predicted octanol–water partition coefficient (Wildman–Crippen LogP) is 4.23. The lowest BCUT2D eigenvalue weighted by atomic mass is 10.2. The fourth-order valence-corrected chi connectivity index (χ4v) is 1.99. The number of anilines is 1. The third-order valence-electron chi connectivity index (χ3n) is 2.97. The van der Waals surface area contributed by atoms with Gasteiger partial charge in [0, 0.05) is 23.9 Å². The van der Waals surface area contributed by atoms with Crippen molar-refractivity contribution in [2.75, 3.05) is 12.4 Å². The minimum absolute atomic E-state index is 0.115. The molecule has 112 valence electrons. The fourth-order valence-electron chi connectivity index (χ4n) is 1.99. The average molecular weight is 289 g/mol. The maximum Gasteiger partial charge on any atom is 0.167 e. The molecule has 3 nitrogen and oxygen atoms in total. The van der Waals surface area contributed by atoms with Crippen LogP contribution >= 0.6 is 0 Å². The molecule has 0 bridgehead atoms. The largest absolute Gasteiger partial charge is 0.494 e. The van der Waals surface area contributed by atoms with Gasteiger partial charge in [-0.1, -0.05) is 18.2 Å². The summed E-state index contributed by atoms with van der Waals surface area (Å²) in [6.07, 6.45) is 0.115. The van der Waals surface area contributed by atoms with Crippen molar-refractivity contribution in [2.45, 2.75) is 26.5 Å². The monoisotopic (exact) mass is 289 g/mol. The van der Waals surface area contributed by atoms with Crippen molar-refractivity contribution in [1.29, 1.82) is 0 Å². The first-order chi connectivity index (χ1) is 10.1. The van der Waals surface area contributed by atoms with Gasteiger partial charge in [-0.25, -0.2) is 4.39 Å². The number of nitrogens with one attached hydrogen (secondary N) is 1. The van der Waals surface area contributed by atoms with Crippen LogP contribution in [0, 0.1) is 5.82 Å². The van der Waals surface area contributed by atoms with E-state index in [-0.39, 0.29) is 17.7 Å². The van der Waals surface area contributed by atoms with Crippen LogP contribution in [0.5, 0.6) is 11.5 Å². The van der Waals surface area contributed by atoms with Gasteiger partial charge in [0.1, 0.15) is 5.75 Å². The van der Waals surface area contributed by atoms with Gasteiger partial charge in [0.2, 0.25) is 0 Å². The first kappa shape index (κ1) is 15.2. The predicted molar refractivity (Wildman–Crippen MR) is 82.5 cm³/mol. The highest BCUT2D eigenvalue weighted by molar-refractivity contribution is 5.48. The van der Waals surface area contributed by atoms with E-state index in [1.54, 1.807) is 12.1 Å². The van der Waals surface area contributed by atoms with Crippen LogP contribution < -0.4 is 14.8 Å². The summed E-state index contributed by atoms with van der Waals surface area (Å²) in [6.45, 7) is 4.54. The van der Waals surface area contributed by atoms with Crippen LogP contribution in [0.1, 0.15) is 19.4 Å². The van der Waals surface area contributed by atoms with E-state index in [0.29, 0.717) is 12.2 Å². The molecule has 0 aromatic heterocycles. The molecule has 4 heteroatoms. The van der Waals surface area contributed by atoms with Gasteiger partial charge in [-0.3, -0.25) is 0 Å². The molecular formula is C17H20FNO2. The minimum Gasteiger partial charge on any atom is -0.494 e. The summed E-state index contributed by atoms with van der Waals surface area (Å²) in [5.74, 6) is 0.701. The van der Waals surface area contributed by atoms with E-state index in [4.69, 9.17) is 9.47 Å². The first-order valence-electron chi connectivity index (χ1n) is 6.92. The third-order valence-corrected chi connectivity index (χ3v) is 2.97. The van der Waals surface area contributed by atoms with E-state index in [1.165, 1.54) is 13.2 Å². The molecular weight excluding hydrogens is 269 g/mol. The Kier molecular flexibility index (Phi) is 5.04. The summed E-state index contributed by atoms with van der Waals surface area (Å²) in [7, 11) is 1.45. The molecule has 0 fully saturated rings. The van der Waals surface area contributed by atoms with Crippen LogP contribution in [0.4, 0.5) is 10.1 Å². The van der Waals surface area contributed by atoms with Crippen LogP contribution in [-0.4, -0.2) is 13.2 Å². The Morgan fingerprint density at radius 2 is 1.86 bits per heavy atom. The van der Waals surface area contributed by atoms with Crippen LogP contribution in [0.25, 0.3) is 0 Å². The Morgan fingerprint density at radius 3 is 2.52 bits per heavy atom. The van der Waals surface area contributed by atoms with E-state index in [2.05, 4.69) is 5.32 Å². The van der Waals surface area contributed by atoms with Gasteiger partial charge in [-0.05, 0) is 32.0 Å². The molecule has 0 saturated carbocycles. The second-order valence-electron chi connectivity index (χ2n) is 4.98. The summed E-state index contributed by atoms with van der Waals surface area (Å²) in [4.78, 5) is 0. The normalized spacial score (nSPS) is 10.5. The van der Waals surface area contributed by atoms with Gasteiger partial charge in [0.05, 0.1) is 13.2 Å². The number of para-hydroxylation sites is 1. The maximum absolute atomic E-state index is 13.6. The number of ether oxygens (including phenoxy) is 2. The Hall–Kier alpha value is -2.23. The first-order valence-corrected chi connectivity index (χ1v) is 6.92. The summed E-state index contributed by atoms with van der Waals surface area (Å²) < 4.78 is 24.3. The van der Waals surface area contributed by atoms with Crippen LogP contribution in [0.3, 0.4) is 0 Å². The summed E-state index contributed by atoms with van der Waals surface area (Å²) in [5, 5.41) is 3.19. The molecule has 1 N–H and O–H groups in total. The quantitative estimate of drug-likeness (QED) is 0.863. The number of benzene rings is 2. The molecule has 0 aliphatic heterocycles. The fraction of sp³-hybridized carbons (Fsp3) is 0.294. The highest BCUT2D eigenvalue weighted by Crippen LogP contribution is 2.23. The van der Waals surface area contributed by atoms with Crippen molar-refractivity contribution in [3.63, 3.8) is 0 Å². The van der Waals surface area contributed by atoms with Crippen LogP contribution in [0.15, 0.2) is 42.5 Å². The van der Waals surface area contributed by atoms with Gasteiger partial charge < -0.3 is 14.8 Å². The van der Waals surface area contributed by atoms with Crippen molar-refractivity contribution in [3.05, 3.63) is 53.8 Å². The van der Waals surface area contributed by atoms with Crippen LogP contribution in [-0.2, 0) is 6.54 Å². The second kappa shape index (κ2) is 6.97. The molecule has 21 heavy (non-hydrogen) atoms. The molecule has 0 atom stereocenters. The average Bonchev–Trinajstić information content (AvgIpc) is 2.46. The molecule has 0 saturated heterocycles. The molecule has 2 aromatic carbocycles. The van der Waals surface area contributed by atoms with Crippen LogP contribution in [0.2, 0.25) is 0 Å². The Balaban J connectivity index is 2.08. The van der Waals surface area contributed by atoms with Gasteiger partial charge in [0.15, 0.2) is 11.6 Å². The van der Waals surface area contributed by atoms with Crippen molar-refractivity contribution >= 4 is 5.69 Å². The van der Waals surface area contributed by atoms with E-state index in [1.807, 2.05) is 38.1 Å². The van der Waals surface area contributed by atoms with E-state index in [9.17, 15) is 4.39 Å². The standard InChI is InChI=1S/C17H20FNO2/c1-12(2)21-16-7-5-4-6-13(16)11-19-14-8-9-17(20-3)15(18)10-14/h4-10,12,19H,11H2,1-3H3. The number of hydrogen-bond acceptors (Lipinski definition) is 3. The van der Waals surface area contributed by atoms with Gasteiger partial charge >= 0.3 is 0 Å². The third kappa shape index (κ3) is 4.12. The molecule has 0 amide bonds. The number of halogens is 1. The molecule has 2 aromatic rings. The molecule has 0 heterocycles. The molecule has 0 unspecified atom stereocenters. The zero-order valence-electron chi connectivity index (χ0n) is 12.5. The number of methoxy groups -OCH3 is 1. The van der Waals surface area contributed by atoms with E-state index >= 15 is 0 Å². The smallest absolute Gasteiger partial charge is 0.167 e. The highest BCUT2D eigenvalue weighted by atomic mass is 19.1. The van der Waals surface area contributed by atoms with Gasteiger partial charge in [-0.15, -0.1) is 0 Å². The lowest BCUT2D eigenvalue weighted by Gasteiger charge is -2.15. The molecule has 0 radical (unpaired) electrons. The molecule has 0 aliphatic rings. The Bertz CT molecular complexity index is 599. The maximum atomic E-state index is 13.6. The van der Waals surface area contributed by atoms with Crippen molar-refractivity contribution in [1.82, 2.24) is 0 Å². The van der Waals surface area contributed by atoms with E-state index < -0.39 is 0 Å². The Morgan fingerprint density at radius 1 is 1.10 bits per heavy atom. The number of hydrogen-bond donors (Lipinski definition) is 1. The number of rotatable bonds is 6. The summed E-state index contributed by atoms with van der Waals surface area (Å²) in [6, 6.07) is 12.6. The summed E-state index contributed by atoms with van der Waals surface area (Å²) in [5.41, 5.74) is 1.73. The summed E-state index contributed by atoms with van der Waals surface area (Å²) >= 11 is 0. The zero-order valence-corrected chi connectivity index (χ0v) is 12.5. The van der Waals surface area contributed by atoms with Gasteiger partial charge in [-0.2, -0.15) is 0 Å². The molecule has 2 rings (SSSR count). The molecule has 0 spiro atoms. The zero-order chi connectivity index (χ0) is 15.2. The van der Waals surface area contributed by atoms with Crippen molar-refractivity contribution < 1.29 is 13.9 Å². The Labute approximate surface area is 124 Å². The minimum atomic E-state index is -0.380. The topological polar surface area (TPSA) is 30.5 Å². The second-order valence-corrected chi connectivity index (χ2v) is 4.98. The van der Waals surface area contributed by atoms with Gasteiger partial charge in [0.25, 0.3) is 0 Å². The lowest BCUT2D eigenvalue weighted by molar-refractivity contribution is 0.240. The SMILES string of the molecule is COc1ccc(NCc2ccccc2OC(C)C)cc1F. The lowest BCUT2D eigenvalue weighted by Crippen LogP contribution is -2.09.